The molecule has 2 aromatic heterocycles. The van der Waals surface area contributed by atoms with Crippen LogP contribution in [0.3, 0.4) is 0 Å². The highest BCUT2D eigenvalue weighted by atomic mass is 19.1. The summed E-state index contributed by atoms with van der Waals surface area (Å²) in [5.74, 6) is -0.0636. The van der Waals surface area contributed by atoms with Crippen molar-refractivity contribution in [1.82, 2.24) is 15.0 Å². The van der Waals surface area contributed by atoms with Gasteiger partial charge in [-0.05, 0) is 24.6 Å². The van der Waals surface area contributed by atoms with E-state index in [4.69, 9.17) is 10.5 Å². The topological polar surface area (TPSA) is 91.0 Å². The molecule has 0 aliphatic heterocycles. The maximum Gasteiger partial charge on any atom is 0.221 e. The second-order valence-corrected chi connectivity index (χ2v) is 5.18. The lowest BCUT2D eigenvalue weighted by Gasteiger charge is -2.09. The van der Waals surface area contributed by atoms with Crippen molar-refractivity contribution in [3.8, 4) is 5.75 Å². The first-order valence-electron chi connectivity index (χ1n) is 7.32. The summed E-state index contributed by atoms with van der Waals surface area (Å²) in [6.07, 6.45) is 1.69. The third-order valence-electron chi connectivity index (χ3n) is 3.59. The van der Waals surface area contributed by atoms with Crippen molar-refractivity contribution < 1.29 is 13.9 Å². The number of ketones is 1. The molecule has 2 N–H and O–H groups in total. The van der Waals surface area contributed by atoms with Gasteiger partial charge in [-0.15, -0.1) is 0 Å². The Bertz CT molecular complexity index is 897. The normalized spacial score (nSPS) is 10.8. The number of hydrogen-bond acceptors (Lipinski definition) is 6. The number of fused-ring (bicyclic) bond motifs is 1. The van der Waals surface area contributed by atoms with Crippen LogP contribution in [-0.4, -0.2) is 27.8 Å². The van der Waals surface area contributed by atoms with Gasteiger partial charge in [-0.3, -0.25) is 9.78 Å². The van der Waals surface area contributed by atoms with E-state index in [1.165, 1.54) is 13.2 Å². The van der Waals surface area contributed by atoms with E-state index < -0.39 is 5.82 Å². The van der Waals surface area contributed by atoms with Gasteiger partial charge in [-0.25, -0.2) is 14.4 Å². The molecule has 3 rings (SSSR count). The predicted octanol–water partition coefficient (Wildman–Crippen LogP) is 2.57. The summed E-state index contributed by atoms with van der Waals surface area (Å²) >= 11 is 0. The van der Waals surface area contributed by atoms with Crippen LogP contribution < -0.4 is 10.5 Å². The number of carbonyl (C=O) groups is 1. The minimum absolute atomic E-state index is 0.00950. The molecule has 6 nitrogen and oxygen atoms in total. The summed E-state index contributed by atoms with van der Waals surface area (Å²) in [7, 11) is 1.52. The van der Waals surface area contributed by atoms with Crippen LogP contribution in [0.15, 0.2) is 36.5 Å². The highest BCUT2D eigenvalue weighted by Gasteiger charge is 2.16. The third-order valence-corrected chi connectivity index (χ3v) is 3.59. The Kier molecular flexibility index (Phi) is 4.33. The molecule has 0 atom stereocenters. The van der Waals surface area contributed by atoms with Crippen molar-refractivity contribution in [2.75, 3.05) is 12.8 Å². The van der Waals surface area contributed by atoms with E-state index in [1.807, 2.05) is 0 Å². The molecule has 0 fully saturated rings. The second kappa shape index (κ2) is 6.57. The molecule has 3 aromatic rings. The number of carbonyl (C=O) groups excluding carboxylic acids is 1. The number of nitrogens with zero attached hydrogens (tertiary/aromatic N) is 3. The molecule has 0 unspecified atom stereocenters. The zero-order valence-electron chi connectivity index (χ0n) is 13.0. The summed E-state index contributed by atoms with van der Waals surface area (Å²) in [5.41, 5.74) is 7.10. The molecule has 122 valence electrons. The first kappa shape index (κ1) is 15.8. The molecule has 24 heavy (non-hydrogen) atoms. The number of nitrogens with two attached hydrogens (primary N) is 1. The Hall–Kier alpha value is -3.09. The van der Waals surface area contributed by atoms with Gasteiger partial charge in [0.1, 0.15) is 22.8 Å². The van der Waals surface area contributed by atoms with Gasteiger partial charge in [0.25, 0.3) is 0 Å². The zero-order valence-corrected chi connectivity index (χ0v) is 13.0. The summed E-state index contributed by atoms with van der Waals surface area (Å²) in [5, 5.41) is 0.584. The second-order valence-electron chi connectivity index (χ2n) is 5.18. The number of methoxy groups -OCH3 is 1. The lowest BCUT2D eigenvalue weighted by molar-refractivity contribution is 0.0979. The van der Waals surface area contributed by atoms with Crippen LogP contribution in [0.2, 0.25) is 0 Å². The maximum atomic E-state index is 12.9. The van der Waals surface area contributed by atoms with E-state index >= 15 is 0 Å². The number of anilines is 1. The van der Waals surface area contributed by atoms with Crippen molar-refractivity contribution in [3.63, 3.8) is 0 Å². The Morgan fingerprint density at radius 2 is 2.08 bits per heavy atom. The standard InChI is InChI=1S/C17H15FN4O2/c1-24-14-4-2-3-12-15(21-17(19)22-16(12)14)13(23)8-7-11-6-5-10(18)9-20-11/h2-6,9H,7-8H2,1H3,(H2,19,21,22). The van der Waals surface area contributed by atoms with Gasteiger partial charge in [0.15, 0.2) is 5.78 Å². The van der Waals surface area contributed by atoms with E-state index in [0.717, 1.165) is 6.20 Å². The van der Waals surface area contributed by atoms with Gasteiger partial charge in [-0.2, -0.15) is 0 Å². The minimum Gasteiger partial charge on any atom is -0.494 e. The number of aromatic nitrogens is 3. The first-order valence-corrected chi connectivity index (χ1v) is 7.32. The van der Waals surface area contributed by atoms with Gasteiger partial charge in [0, 0.05) is 17.5 Å². The van der Waals surface area contributed by atoms with Crippen LogP contribution in [-0.2, 0) is 6.42 Å². The average molecular weight is 326 g/mol. The van der Waals surface area contributed by atoms with Crippen molar-refractivity contribution in [2.45, 2.75) is 12.8 Å². The lowest BCUT2D eigenvalue weighted by atomic mass is 10.1. The fourth-order valence-corrected chi connectivity index (χ4v) is 2.43. The lowest BCUT2D eigenvalue weighted by Crippen LogP contribution is -2.09. The number of ether oxygens (including phenoxy) is 1. The van der Waals surface area contributed by atoms with Crippen LogP contribution in [0.1, 0.15) is 22.6 Å². The Labute approximate surface area is 137 Å². The van der Waals surface area contributed by atoms with E-state index in [1.54, 1.807) is 24.3 Å². The molecule has 0 bridgehead atoms. The van der Waals surface area contributed by atoms with Crippen LogP contribution in [0.5, 0.6) is 5.75 Å². The molecule has 0 amide bonds. The maximum absolute atomic E-state index is 12.9. The zero-order chi connectivity index (χ0) is 17.1. The molecule has 0 radical (unpaired) electrons. The molecule has 0 aliphatic carbocycles. The van der Waals surface area contributed by atoms with Crippen molar-refractivity contribution in [2.24, 2.45) is 0 Å². The van der Waals surface area contributed by atoms with E-state index in [2.05, 4.69) is 15.0 Å². The number of pyridine rings is 1. The van der Waals surface area contributed by atoms with Crippen molar-refractivity contribution in [1.29, 1.82) is 0 Å². The minimum atomic E-state index is -0.410. The summed E-state index contributed by atoms with van der Waals surface area (Å²) in [6.45, 7) is 0. The number of para-hydroxylation sites is 1. The largest absolute Gasteiger partial charge is 0.494 e. The molecule has 0 aliphatic rings. The monoisotopic (exact) mass is 326 g/mol. The number of halogens is 1. The summed E-state index contributed by atoms with van der Waals surface area (Å²) < 4.78 is 18.1. The fourth-order valence-electron chi connectivity index (χ4n) is 2.43. The number of aryl methyl sites for hydroxylation is 1. The Morgan fingerprint density at radius 3 is 2.79 bits per heavy atom. The van der Waals surface area contributed by atoms with Crippen LogP contribution in [0.4, 0.5) is 10.3 Å². The van der Waals surface area contributed by atoms with Crippen LogP contribution >= 0.6 is 0 Å². The van der Waals surface area contributed by atoms with Gasteiger partial charge >= 0.3 is 0 Å². The van der Waals surface area contributed by atoms with Crippen molar-refractivity contribution >= 4 is 22.6 Å². The highest BCUT2D eigenvalue weighted by Crippen LogP contribution is 2.26. The smallest absolute Gasteiger partial charge is 0.221 e. The van der Waals surface area contributed by atoms with E-state index in [0.29, 0.717) is 28.8 Å². The molecule has 0 spiro atoms. The quantitative estimate of drug-likeness (QED) is 0.725. The van der Waals surface area contributed by atoms with Gasteiger partial charge in [-0.1, -0.05) is 12.1 Å². The number of Topliss-reactive ketones (excluding diaryl/α,β-unsaturated/α-hetero) is 1. The van der Waals surface area contributed by atoms with Gasteiger partial charge in [0.2, 0.25) is 5.95 Å². The van der Waals surface area contributed by atoms with Crippen LogP contribution in [0, 0.1) is 5.82 Å². The molecule has 1 aromatic carbocycles. The highest BCUT2D eigenvalue weighted by molar-refractivity contribution is 6.07. The molecular weight excluding hydrogens is 311 g/mol. The predicted molar refractivity (Wildman–Crippen MR) is 87.3 cm³/mol. The molecule has 2 heterocycles. The molecule has 7 heteroatoms. The third kappa shape index (κ3) is 3.15. The Morgan fingerprint density at radius 1 is 1.25 bits per heavy atom. The van der Waals surface area contributed by atoms with E-state index in [9.17, 15) is 9.18 Å². The Balaban J connectivity index is 1.90. The molecule has 0 saturated heterocycles. The fraction of sp³-hybridized carbons (Fsp3) is 0.176. The molecule has 0 saturated carbocycles. The summed E-state index contributed by atoms with van der Waals surface area (Å²) in [4.78, 5) is 24.7. The average Bonchev–Trinajstić information content (AvgIpc) is 2.59. The summed E-state index contributed by atoms with van der Waals surface area (Å²) in [6, 6.07) is 8.12. The number of benzene rings is 1. The number of rotatable bonds is 5. The van der Waals surface area contributed by atoms with Gasteiger partial charge < -0.3 is 10.5 Å². The van der Waals surface area contributed by atoms with Gasteiger partial charge in [0.05, 0.1) is 13.3 Å². The SMILES string of the molecule is COc1cccc2c(C(=O)CCc3ccc(F)cn3)nc(N)nc12. The van der Waals surface area contributed by atoms with E-state index in [-0.39, 0.29) is 23.8 Å². The first-order chi connectivity index (χ1) is 11.6. The van der Waals surface area contributed by atoms with Crippen LogP contribution in [0.25, 0.3) is 10.9 Å². The number of hydrogen-bond donors (Lipinski definition) is 1. The molecular formula is C17H15FN4O2. The number of nitrogen functional groups attached to an aromatic ring is 1. The van der Waals surface area contributed by atoms with Crippen molar-refractivity contribution in [3.05, 3.63) is 53.7 Å².